The Hall–Kier alpha value is -0.900. The fourth-order valence-electron chi connectivity index (χ4n) is 2.59. The van der Waals surface area contributed by atoms with E-state index in [9.17, 15) is 5.11 Å². The van der Waals surface area contributed by atoms with Gasteiger partial charge in [0, 0.05) is 32.1 Å². The summed E-state index contributed by atoms with van der Waals surface area (Å²) in [7, 11) is 0. The lowest BCUT2D eigenvalue weighted by Gasteiger charge is -2.14. The molecular formula is C16H26N2O. The van der Waals surface area contributed by atoms with Crippen LogP contribution in [-0.2, 0) is 13.0 Å². The molecule has 0 radical (unpaired) electrons. The predicted octanol–water partition coefficient (Wildman–Crippen LogP) is 1.55. The Bertz CT molecular complexity index is 375. The van der Waals surface area contributed by atoms with E-state index in [-0.39, 0.29) is 6.10 Å². The second-order valence-corrected chi connectivity index (χ2v) is 6.03. The van der Waals surface area contributed by atoms with Gasteiger partial charge in [0.05, 0.1) is 6.10 Å². The summed E-state index contributed by atoms with van der Waals surface area (Å²) in [5.41, 5.74) is 2.72. The third-order valence-corrected chi connectivity index (χ3v) is 3.71. The molecule has 3 N–H and O–H groups in total. The van der Waals surface area contributed by atoms with Crippen LogP contribution in [-0.4, -0.2) is 30.8 Å². The van der Waals surface area contributed by atoms with Crippen molar-refractivity contribution in [2.45, 2.75) is 32.9 Å². The predicted molar refractivity (Wildman–Crippen MR) is 79.1 cm³/mol. The average Bonchev–Trinajstić information content (AvgIpc) is 2.77. The van der Waals surface area contributed by atoms with E-state index in [1.807, 2.05) is 0 Å². The van der Waals surface area contributed by atoms with Crippen LogP contribution in [0.3, 0.4) is 0 Å². The second kappa shape index (κ2) is 7.04. The Morgan fingerprint density at radius 3 is 2.47 bits per heavy atom. The standard InChI is InChI=1S/C16H26N2O/c1-12(2)7-13-3-5-14(6-4-13)8-17-9-15-10-18-11-16(15)19/h3-6,12,15-19H,7-11H2,1-2H3. The molecule has 3 heteroatoms. The van der Waals surface area contributed by atoms with Crippen LogP contribution in [0.1, 0.15) is 25.0 Å². The zero-order chi connectivity index (χ0) is 13.7. The number of rotatable bonds is 6. The minimum atomic E-state index is -0.194. The van der Waals surface area contributed by atoms with Gasteiger partial charge in [-0.25, -0.2) is 0 Å². The van der Waals surface area contributed by atoms with Crippen LogP contribution in [0.5, 0.6) is 0 Å². The molecule has 1 aliphatic rings. The monoisotopic (exact) mass is 262 g/mol. The highest BCUT2D eigenvalue weighted by Gasteiger charge is 2.23. The van der Waals surface area contributed by atoms with Crippen LogP contribution >= 0.6 is 0 Å². The smallest absolute Gasteiger partial charge is 0.0716 e. The maximum Gasteiger partial charge on any atom is 0.0716 e. The first-order chi connectivity index (χ1) is 9.15. The molecule has 0 spiro atoms. The Morgan fingerprint density at radius 1 is 1.21 bits per heavy atom. The molecule has 0 saturated carbocycles. The Labute approximate surface area is 116 Å². The molecule has 0 amide bonds. The Kier molecular flexibility index (Phi) is 5.37. The molecule has 0 bridgehead atoms. The molecule has 3 nitrogen and oxygen atoms in total. The van der Waals surface area contributed by atoms with E-state index in [0.29, 0.717) is 11.8 Å². The van der Waals surface area contributed by atoms with Gasteiger partial charge in [-0.3, -0.25) is 0 Å². The van der Waals surface area contributed by atoms with Crippen LogP contribution in [0, 0.1) is 11.8 Å². The van der Waals surface area contributed by atoms with Crippen LogP contribution in [0.4, 0.5) is 0 Å². The normalized spacial score (nSPS) is 23.2. The molecule has 106 valence electrons. The Balaban J connectivity index is 1.73. The lowest BCUT2D eigenvalue weighted by atomic mass is 10.0. The van der Waals surface area contributed by atoms with E-state index >= 15 is 0 Å². The van der Waals surface area contributed by atoms with Crippen molar-refractivity contribution in [3.8, 4) is 0 Å². The van der Waals surface area contributed by atoms with Crippen molar-refractivity contribution in [3.05, 3.63) is 35.4 Å². The fourth-order valence-corrected chi connectivity index (χ4v) is 2.59. The van der Waals surface area contributed by atoms with E-state index in [0.717, 1.165) is 32.6 Å². The van der Waals surface area contributed by atoms with Crippen molar-refractivity contribution in [1.29, 1.82) is 0 Å². The van der Waals surface area contributed by atoms with Crippen LogP contribution < -0.4 is 10.6 Å². The van der Waals surface area contributed by atoms with Crippen LogP contribution in [0.15, 0.2) is 24.3 Å². The van der Waals surface area contributed by atoms with Crippen molar-refractivity contribution < 1.29 is 5.11 Å². The van der Waals surface area contributed by atoms with Gasteiger partial charge in [0.15, 0.2) is 0 Å². The quantitative estimate of drug-likeness (QED) is 0.729. The minimum absolute atomic E-state index is 0.194. The minimum Gasteiger partial charge on any atom is -0.391 e. The molecule has 1 aromatic carbocycles. The summed E-state index contributed by atoms with van der Waals surface area (Å²) in [6.45, 7) is 7.90. The maximum absolute atomic E-state index is 9.70. The number of β-amino-alcohol motifs (C(OH)–C–C–N with tert-alkyl or cyclic N) is 1. The third kappa shape index (κ3) is 4.60. The van der Waals surface area contributed by atoms with E-state index in [4.69, 9.17) is 0 Å². The van der Waals surface area contributed by atoms with Crippen molar-refractivity contribution in [3.63, 3.8) is 0 Å². The molecule has 1 heterocycles. The summed E-state index contributed by atoms with van der Waals surface area (Å²) in [5, 5.41) is 16.3. The summed E-state index contributed by atoms with van der Waals surface area (Å²) in [4.78, 5) is 0. The Morgan fingerprint density at radius 2 is 1.89 bits per heavy atom. The van der Waals surface area contributed by atoms with Gasteiger partial charge < -0.3 is 15.7 Å². The molecule has 0 aliphatic carbocycles. The number of hydrogen-bond acceptors (Lipinski definition) is 3. The van der Waals surface area contributed by atoms with Crippen LogP contribution in [0.25, 0.3) is 0 Å². The molecule has 1 saturated heterocycles. The zero-order valence-corrected chi connectivity index (χ0v) is 12.0. The first-order valence-corrected chi connectivity index (χ1v) is 7.32. The maximum atomic E-state index is 9.70. The van der Waals surface area contributed by atoms with Crippen molar-refractivity contribution in [1.82, 2.24) is 10.6 Å². The molecule has 1 fully saturated rings. The first kappa shape index (κ1) is 14.5. The molecular weight excluding hydrogens is 236 g/mol. The highest BCUT2D eigenvalue weighted by atomic mass is 16.3. The third-order valence-electron chi connectivity index (χ3n) is 3.71. The van der Waals surface area contributed by atoms with Gasteiger partial charge in [0.1, 0.15) is 0 Å². The second-order valence-electron chi connectivity index (χ2n) is 6.03. The topological polar surface area (TPSA) is 44.3 Å². The highest BCUT2D eigenvalue weighted by Crippen LogP contribution is 2.11. The van der Waals surface area contributed by atoms with Gasteiger partial charge in [-0.1, -0.05) is 38.1 Å². The lowest BCUT2D eigenvalue weighted by molar-refractivity contribution is 0.146. The van der Waals surface area contributed by atoms with Crippen molar-refractivity contribution in [2.75, 3.05) is 19.6 Å². The van der Waals surface area contributed by atoms with Gasteiger partial charge in [-0.05, 0) is 23.5 Å². The zero-order valence-electron chi connectivity index (χ0n) is 12.0. The van der Waals surface area contributed by atoms with Gasteiger partial charge in [-0.15, -0.1) is 0 Å². The lowest BCUT2D eigenvalue weighted by Crippen LogP contribution is -2.30. The number of nitrogens with one attached hydrogen (secondary N) is 2. The molecule has 19 heavy (non-hydrogen) atoms. The van der Waals surface area contributed by atoms with Crippen molar-refractivity contribution >= 4 is 0 Å². The molecule has 2 atom stereocenters. The molecule has 2 unspecified atom stereocenters. The van der Waals surface area contributed by atoms with E-state index in [1.54, 1.807) is 0 Å². The summed E-state index contributed by atoms with van der Waals surface area (Å²) >= 11 is 0. The average molecular weight is 262 g/mol. The van der Waals surface area contributed by atoms with E-state index in [2.05, 4.69) is 48.7 Å². The first-order valence-electron chi connectivity index (χ1n) is 7.32. The number of aliphatic hydroxyl groups is 1. The summed E-state index contributed by atoms with van der Waals surface area (Å²) in [6.07, 6.45) is 0.953. The summed E-state index contributed by atoms with van der Waals surface area (Å²) in [6, 6.07) is 8.86. The van der Waals surface area contributed by atoms with E-state index in [1.165, 1.54) is 11.1 Å². The summed E-state index contributed by atoms with van der Waals surface area (Å²) in [5.74, 6) is 1.06. The van der Waals surface area contributed by atoms with Gasteiger partial charge >= 0.3 is 0 Å². The highest BCUT2D eigenvalue weighted by molar-refractivity contribution is 5.22. The molecule has 1 aliphatic heterocycles. The van der Waals surface area contributed by atoms with Gasteiger partial charge in [-0.2, -0.15) is 0 Å². The number of benzene rings is 1. The number of hydrogen-bond donors (Lipinski definition) is 3. The summed E-state index contributed by atoms with van der Waals surface area (Å²) < 4.78 is 0. The van der Waals surface area contributed by atoms with Gasteiger partial charge in [0.2, 0.25) is 0 Å². The molecule has 2 rings (SSSR count). The molecule has 0 aromatic heterocycles. The van der Waals surface area contributed by atoms with Crippen molar-refractivity contribution in [2.24, 2.45) is 11.8 Å². The van der Waals surface area contributed by atoms with Crippen LogP contribution in [0.2, 0.25) is 0 Å². The largest absolute Gasteiger partial charge is 0.391 e. The molecule has 1 aromatic rings. The van der Waals surface area contributed by atoms with E-state index < -0.39 is 0 Å². The number of aliphatic hydroxyl groups excluding tert-OH is 1. The van der Waals surface area contributed by atoms with Gasteiger partial charge in [0.25, 0.3) is 0 Å². The SMILES string of the molecule is CC(C)Cc1ccc(CNCC2CNCC2O)cc1. The fraction of sp³-hybridized carbons (Fsp3) is 0.625.